The van der Waals surface area contributed by atoms with Crippen molar-refractivity contribution in [1.29, 1.82) is 0 Å². The Morgan fingerprint density at radius 2 is 1.68 bits per heavy atom. The third-order valence-electron chi connectivity index (χ3n) is 7.43. The molecule has 0 radical (unpaired) electrons. The van der Waals surface area contributed by atoms with Crippen LogP contribution in [0.2, 0.25) is 0 Å². The van der Waals surface area contributed by atoms with Gasteiger partial charge in [0.1, 0.15) is 6.33 Å². The number of carbonyl (C=O) groups is 2. The third-order valence-corrected chi connectivity index (χ3v) is 8.31. The lowest BCUT2D eigenvalue weighted by Crippen LogP contribution is -2.36. The average molecular weight is 520 g/mol. The van der Waals surface area contributed by atoms with Crippen molar-refractivity contribution >= 4 is 23.3 Å². The Morgan fingerprint density at radius 1 is 1.00 bits per heavy atom. The molecule has 3 atom stereocenters. The number of nitrogens with one attached hydrogen (secondary N) is 1. The summed E-state index contributed by atoms with van der Waals surface area (Å²) in [6, 6.07) is 13.7. The normalized spacial score (nSPS) is 20.0. The highest BCUT2D eigenvalue weighted by molar-refractivity contribution is 7.13. The molecule has 2 amide bonds. The highest BCUT2D eigenvalue weighted by atomic mass is 32.1. The summed E-state index contributed by atoms with van der Waals surface area (Å²) in [5, 5.41) is 3.67. The smallest absolute Gasteiger partial charge is 0.399 e. The van der Waals surface area contributed by atoms with Crippen LogP contribution in [0.25, 0.3) is 0 Å². The molecule has 0 bridgehead atoms. The van der Waals surface area contributed by atoms with Gasteiger partial charge in [0.05, 0.1) is 23.0 Å². The van der Waals surface area contributed by atoms with Gasteiger partial charge in [-0.05, 0) is 56.7 Å². The van der Waals surface area contributed by atoms with E-state index in [1.807, 2.05) is 68.1 Å². The van der Waals surface area contributed by atoms with Gasteiger partial charge in [0.25, 0.3) is 5.91 Å². The maximum atomic E-state index is 13.2. The number of carbonyl (C=O) groups excluding carboxylic acids is 2. The van der Waals surface area contributed by atoms with Crippen molar-refractivity contribution in [3.8, 4) is 5.06 Å². The molecule has 4 heterocycles. The van der Waals surface area contributed by atoms with Crippen LogP contribution >= 0.6 is 11.3 Å². The number of hydrogen-bond donors (Lipinski definition) is 1. The maximum Gasteiger partial charge on any atom is 0.413 e. The molecule has 194 valence electrons. The van der Waals surface area contributed by atoms with Gasteiger partial charge in [0.2, 0.25) is 0 Å². The molecule has 37 heavy (non-hydrogen) atoms. The number of rotatable bonds is 7. The number of fused-ring (bicyclic) bond motifs is 1. The molecule has 0 saturated carbocycles. The topological polar surface area (TPSA) is 87.7 Å². The predicted molar refractivity (Wildman–Crippen MR) is 143 cm³/mol. The quantitative estimate of drug-likeness (QED) is 0.498. The molecule has 5 rings (SSSR count). The van der Waals surface area contributed by atoms with E-state index in [1.54, 1.807) is 0 Å². The lowest BCUT2D eigenvalue weighted by Gasteiger charge is -2.25. The van der Waals surface area contributed by atoms with Crippen LogP contribution in [0.5, 0.6) is 5.06 Å². The van der Waals surface area contributed by atoms with Gasteiger partial charge in [-0.1, -0.05) is 30.3 Å². The van der Waals surface area contributed by atoms with Crippen molar-refractivity contribution in [2.75, 3.05) is 32.7 Å². The van der Waals surface area contributed by atoms with Crippen molar-refractivity contribution in [3.05, 3.63) is 76.2 Å². The Bertz CT molecular complexity index is 1230. The number of aromatic nitrogens is 2. The Morgan fingerprint density at radius 3 is 2.30 bits per heavy atom. The lowest BCUT2D eigenvalue weighted by molar-refractivity contribution is 0.0771. The second kappa shape index (κ2) is 11.0. The number of benzene rings is 1. The van der Waals surface area contributed by atoms with E-state index >= 15 is 0 Å². The van der Waals surface area contributed by atoms with Gasteiger partial charge in [-0.3, -0.25) is 4.79 Å². The van der Waals surface area contributed by atoms with Crippen molar-refractivity contribution in [2.45, 2.75) is 33.2 Å². The molecule has 2 aromatic heterocycles. The van der Waals surface area contributed by atoms with E-state index in [0.29, 0.717) is 22.5 Å². The standard InChI is InChI=1S/C28H33N5O3S/c1-18-9-10-25(37-18)36-28(35)31-24(21-7-5-4-6-8-21)11-12-32-13-22-15-33(16-23(22)14-32)27(34)26-19(2)29-17-30-20(26)3/h4-10,17,22-24H,11-16H2,1-3H3,(H,31,35)/t22-,23?,24?/m0/s1. The Kier molecular flexibility index (Phi) is 7.53. The predicted octanol–water partition coefficient (Wildman–Crippen LogP) is 4.39. The van der Waals surface area contributed by atoms with E-state index in [2.05, 4.69) is 20.2 Å². The van der Waals surface area contributed by atoms with Crippen LogP contribution in [0.4, 0.5) is 4.79 Å². The number of ether oxygens (including phenoxy) is 1. The molecule has 1 aromatic carbocycles. The SMILES string of the molecule is Cc1ccc(OC(=O)NC(CCN2CC3CN(C(=O)c4c(C)ncnc4C)C[C@@H]3C2)c2ccccc2)s1. The van der Waals surface area contributed by atoms with Crippen LogP contribution in [-0.2, 0) is 0 Å². The van der Waals surface area contributed by atoms with E-state index in [-0.39, 0.29) is 11.9 Å². The molecule has 2 fully saturated rings. The molecule has 2 saturated heterocycles. The second-order valence-electron chi connectivity index (χ2n) is 10.1. The van der Waals surface area contributed by atoms with Crippen LogP contribution in [0.1, 0.15) is 44.6 Å². The number of thiophene rings is 1. The first kappa shape index (κ1) is 25.4. The van der Waals surface area contributed by atoms with Crippen molar-refractivity contribution in [3.63, 3.8) is 0 Å². The summed E-state index contributed by atoms with van der Waals surface area (Å²) in [5.41, 5.74) is 3.18. The molecular formula is C28H33N5O3S. The zero-order chi connectivity index (χ0) is 25.9. The van der Waals surface area contributed by atoms with Gasteiger partial charge in [-0.15, -0.1) is 11.3 Å². The number of amides is 2. The fourth-order valence-corrected chi connectivity index (χ4v) is 6.26. The molecule has 8 nitrogen and oxygen atoms in total. The molecule has 9 heteroatoms. The fourth-order valence-electron chi connectivity index (χ4n) is 5.55. The van der Waals surface area contributed by atoms with Crippen LogP contribution in [-0.4, -0.2) is 64.5 Å². The number of aryl methyl sites for hydroxylation is 3. The lowest BCUT2D eigenvalue weighted by atomic mass is 10.0. The first-order chi connectivity index (χ1) is 17.9. The van der Waals surface area contributed by atoms with Crippen LogP contribution in [0.3, 0.4) is 0 Å². The minimum Gasteiger partial charge on any atom is -0.399 e. The monoisotopic (exact) mass is 519 g/mol. The summed E-state index contributed by atoms with van der Waals surface area (Å²) in [7, 11) is 0. The summed E-state index contributed by atoms with van der Waals surface area (Å²) in [6.45, 7) is 10.0. The van der Waals surface area contributed by atoms with Gasteiger partial charge in [0, 0.05) is 37.6 Å². The fraction of sp³-hybridized carbons (Fsp3) is 0.429. The molecule has 2 aliphatic heterocycles. The third kappa shape index (κ3) is 5.83. The zero-order valence-electron chi connectivity index (χ0n) is 21.5. The Hall–Kier alpha value is -3.30. The van der Waals surface area contributed by atoms with Crippen LogP contribution < -0.4 is 10.1 Å². The molecule has 1 N–H and O–H groups in total. The largest absolute Gasteiger partial charge is 0.413 e. The van der Waals surface area contributed by atoms with E-state index in [0.717, 1.165) is 61.0 Å². The first-order valence-electron chi connectivity index (χ1n) is 12.8. The van der Waals surface area contributed by atoms with Gasteiger partial charge in [0.15, 0.2) is 5.06 Å². The molecule has 3 aromatic rings. The molecule has 0 spiro atoms. The molecule has 2 aliphatic rings. The van der Waals surface area contributed by atoms with E-state index in [9.17, 15) is 9.59 Å². The minimum absolute atomic E-state index is 0.0457. The van der Waals surface area contributed by atoms with Crippen molar-refractivity contribution < 1.29 is 14.3 Å². The van der Waals surface area contributed by atoms with Crippen LogP contribution in [0.15, 0.2) is 48.8 Å². The van der Waals surface area contributed by atoms with Crippen molar-refractivity contribution in [2.24, 2.45) is 11.8 Å². The minimum atomic E-state index is -0.432. The number of hydrogen-bond acceptors (Lipinski definition) is 7. The van der Waals surface area contributed by atoms with E-state index < -0.39 is 6.09 Å². The average Bonchev–Trinajstić information content (AvgIpc) is 3.57. The van der Waals surface area contributed by atoms with Crippen molar-refractivity contribution in [1.82, 2.24) is 25.1 Å². The summed E-state index contributed by atoms with van der Waals surface area (Å²) < 4.78 is 5.52. The van der Waals surface area contributed by atoms with Crippen LogP contribution in [0, 0.1) is 32.6 Å². The van der Waals surface area contributed by atoms with Gasteiger partial charge >= 0.3 is 6.09 Å². The number of nitrogens with zero attached hydrogens (tertiary/aromatic N) is 4. The zero-order valence-corrected chi connectivity index (χ0v) is 22.3. The summed E-state index contributed by atoms with van der Waals surface area (Å²) in [4.78, 5) is 39.8. The Balaban J connectivity index is 1.16. The summed E-state index contributed by atoms with van der Waals surface area (Å²) in [5.74, 6) is 0.970. The van der Waals surface area contributed by atoms with E-state index in [4.69, 9.17) is 4.74 Å². The maximum absolute atomic E-state index is 13.2. The molecule has 2 unspecified atom stereocenters. The molecular weight excluding hydrogens is 486 g/mol. The van der Waals surface area contributed by atoms with Gasteiger partial charge in [-0.25, -0.2) is 14.8 Å². The summed E-state index contributed by atoms with van der Waals surface area (Å²) >= 11 is 1.46. The van der Waals surface area contributed by atoms with Gasteiger partial charge < -0.3 is 19.9 Å². The number of likely N-dealkylation sites (tertiary alicyclic amines) is 2. The highest BCUT2D eigenvalue weighted by Crippen LogP contribution is 2.33. The highest BCUT2D eigenvalue weighted by Gasteiger charge is 2.42. The summed E-state index contributed by atoms with van der Waals surface area (Å²) in [6.07, 6.45) is 1.86. The second-order valence-corrected chi connectivity index (χ2v) is 11.3. The van der Waals surface area contributed by atoms with E-state index in [1.165, 1.54) is 17.7 Å². The molecule has 0 aliphatic carbocycles. The van der Waals surface area contributed by atoms with Gasteiger partial charge in [-0.2, -0.15) is 0 Å². The Labute approximate surface area is 221 Å². The first-order valence-corrected chi connectivity index (χ1v) is 13.6.